The number of nitrogens with one attached hydrogen (secondary N) is 1. The number of carbonyl (C=O) groups excluding carboxylic acids is 1. The minimum Gasteiger partial charge on any atom is -0.339 e. The second-order valence-corrected chi connectivity index (χ2v) is 5.80. The van der Waals surface area contributed by atoms with Crippen molar-refractivity contribution in [1.29, 1.82) is 0 Å². The molecule has 0 aromatic heterocycles. The number of likely N-dealkylation sites (N-methyl/N-ethyl adjacent to an activating group) is 1. The highest BCUT2D eigenvalue weighted by Gasteiger charge is 2.33. The molecule has 1 heterocycles. The average Bonchev–Trinajstić information content (AvgIpc) is 2.54. The van der Waals surface area contributed by atoms with Crippen molar-refractivity contribution in [2.24, 2.45) is 0 Å². The van der Waals surface area contributed by atoms with Crippen LogP contribution in [0.1, 0.15) is 30.9 Å². The maximum atomic E-state index is 13.1. The maximum absolute atomic E-state index is 13.1. The molecule has 1 amide bonds. The molecule has 1 aromatic rings. The summed E-state index contributed by atoms with van der Waals surface area (Å²) in [4.78, 5) is 14.0. The van der Waals surface area contributed by atoms with Crippen molar-refractivity contribution >= 4 is 23.9 Å². The zero-order valence-electron chi connectivity index (χ0n) is 13.7. The first-order valence-electron chi connectivity index (χ1n) is 7.63. The quantitative estimate of drug-likeness (QED) is 0.831. The minimum atomic E-state index is -4.43. The molecule has 7 heteroatoms. The third kappa shape index (κ3) is 4.98. The van der Waals surface area contributed by atoms with Crippen LogP contribution in [0.2, 0.25) is 0 Å². The van der Waals surface area contributed by atoms with E-state index in [4.69, 9.17) is 0 Å². The number of rotatable bonds is 3. The third-order valence-electron chi connectivity index (χ3n) is 4.20. The number of carbonyl (C=O) groups is 1. The molecule has 1 aromatic carbocycles. The molecule has 0 spiro atoms. The summed E-state index contributed by atoms with van der Waals surface area (Å²) in [7, 11) is 1.71. The molecule has 1 fully saturated rings. The SMILES string of the molecule is C/C(=C\C(=O)N(C)C1CCNCC1)c1ccccc1C(F)(F)F.Cl. The Morgan fingerprint density at radius 3 is 2.42 bits per heavy atom. The fourth-order valence-electron chi connectivity index (χ4n) is 2.81. The number of alkyl halides is 3. The van der Waals surface area contributed by atoms with Crippen LogP contribution < -0.4 is 5.32 Å². The Morgan fingerprint density at radius 1 is 1.25 bits per heavy atom. The smallest absolute Gasteiger partial charge is 0.339 e. The standard InChI is InChI=1S/C17H21F3N2O.ClH/c1-12(14-5-3-4-6-15(14)17(18,19)20)11-16(23)22(2)13-7-9-21-10-8-13;/h3-6,11,13,21H,7-10H2,1-2H3;1H/b12-11+;. The van der Waals surface area contributed by atoms with Crippen LogP contribution in [-0.4, -0.2) is 37.0 Å². The van der Waals surface area contributed by atoms with Crippen LogP contribution in [0.15, 0.2) is 30.3 Å². The molecule has 3 nitrogen and oxygen atoms in total. The lowest BCUT2D eigenvalue weighted by atomic mass is 9.99. The van der Waals surface area contributed by atoms with Gasteiger partial charge in [-0.15, -0.1) is 12.4 Å². The van der Waals surface area contributed by atoms with Crippen molar-refractivity contribution in [3.63, 3.8) is 0 Å². The molecule has 2 rings (SSSR count). The lowest BCUT2D eigenvalue weighted by Crippen LogP contribution is -2.43. The van der Waals surface area contributed by atoms with Crippen LogP contribution in [0.3, 0.4) is 0 Å². The highest BCUT2D eigenvalue weighted by Crippen LogP contribution is 2.34. The Bertz CT molecular complexity index is 596. The Kier molecular flexibility index (Phi) is 7.29. The second-order valence-electron chi connectivity index (χ2n) is 5.80. The second kappa shape index (κ2) is 8.53. The summed E-state index contributed by atoms with van der Waals surface area (Å²) in [6.45, 7) is 3.24. The number of amides is 1. The van der Waals surface area contributed by atoms with Crippen molar-refractivity contribution in [2.75, 3.05) is 20.1 Å². The molecule has 0 unspecified atom stereocenters. The Morgan fingerprint density at radius 2 is 1.83 bits per heavy atom. The normalized spacial score (nSPS) is 16.5. The van der Waals surface area contributed by atoms with Gasteiger partial charge in [0.25, 0.3) is 0 Å². The first-order chi connectivity index (χ1) is 10.8. The zero-order chi connectivity index (χ0) is 17.0. The van der Waals surface area contributed by atoms with Crippen LogP contribution in [0.4, 0.5) is 13.2 Å². The molecule has 1 aliphatic heterocycles. The summed E-state index contributed by atoms with van der Waals surface area (Å²) in [5.41, 5.74) is -0.346. The number of hydrogen-bond donors (Lipinski definition) is 1. The van der Waals surface area contributed by atoms with Crippen LogP contribution in [0.25, 0.3) is 5.57 Å². The lowest BCUT2D eigenvalue weighted by molar-refractivity contribution is -0.137. The van der Waals surface area contributed by atoms with E-state index in [1.807, 2.05) is 0 Å². The van der Waals surface area contributed by atoms with Gasteiger partial charge in [-0.25, -0.2) is 0 Å². The summed E-state index contributed by atoms with van der Waals surface area (Å²) >= 11 is 0. The number of benzene rings is 1. The van der Waals surface area contributed by atoms with Gasteiger partial charge in [0.2, 0.25) is 5.91 Å². The van der Waals surface area contributed by atoms with E-state index in [0.29, 0.717) is 5.57 Å². The molecule has 1 saturated heterocycles. The predicted molar refractivity (Wildman–Crippen MR) is 91.0 cm³/mol. The van der Waals surface area contributed by atoms with Gasteiger partial charge in [0.1, 0.15) is 0 Å². The largest absolute Gasteiger partial charge is 0.416 e. The summed E-state index contributed by atoms with van der Waals surface area (Å²) in [5.74, 6) is -0.258. The van der Waals surface area contributed by atoms with Crippen LogP contribution in [0.5, 0.6) is 0 Å². The van der Waals surface area contributed by atoms with E-state index in [1.54, 1.807) is 24.9 Å². The molecule has 1 N–H and O–H groups in total. The van der Waals surface area contributed by atoms with Crippen molar-refractivity contribution in [2.45, 2.75) is 32.0 Å². The minimum absolute atomic E-state index is 0. The van der Waals surface area contributed by atoms with E-state index in [2.05, 4.69) is 5.32 Å². The fraction of sp³-hybridized carbons (Fsp3) is 0.471. The molecule has 0 radical (unpaired) electrons. The number of allylic oxidation sites excluding steroid dienone is 1. The number of halogens is 4. The van der Waals surface area contributed by atoms with Crippen molar-refractivity contribution in [3.8, 4) is 0 Å². The first kappa shape index (κ1) is 20.5. The number of hydrogen-bond acceptors (Lipinski definition) is 2. The average molecular weight is 363 g/mol. The van der Waals surface area contributed by atoms with Gasteiger partial charge in [0.05, 0.1) is 5.56 Å². The van der Waals surface area contributed by atoms with E-state index in [-0.39, 0.29) is 29.9 Å². The van der Waals surface area contributed by atoms with Crippen molar-refractivity contribution in [3.05, 3.63) is 41.5 Å². The topological polar surface area (TPSA) is 32.3 Å². The van der Waals surface area contributed by atoms with E-state index < -0.39 is 11.7 Å². The van der Waals surface area contributed by atoms with Gasteiger partial charge < -0.3 is 10.2 Å². The molecule has 0 bridgehead atoms. The van der Waals surface area contributed by atoms with Crippen molar-refractivity contribution in [1.82, 2.24) is 10.2 Å². The van der Waals surface area contributed by atoms with Gasteiger partial charge in [0, 0.05) is 19.2 Å². The molecular formula is C17H22ClF3N2O. The molecule has 1 aliphatic rings. The summed E-state index contributed by atoms with van der Waals surface area (Å²) in [6, 6.07) is 5.46. The Hall–Kier alpha value is -1.53. The lowest BCUT2D eigenvalue weighted by Gasteiger charge is -2.31. The van der Waals surface area contributed by atoms with E-state index >= 15 is 0 Å². The monoisotopic (exact) mass is 362 g/mol. The van der Waals surface area contributed by atoms with Crippen LogP contribution >= 0.6 is 12.4 Å². The highest BCUT2D eigenvalue weighted by atomic mass is 35.5. The molecule has 24 heavy (non-hydrogen) atoms. The van der Waals surface area contributed by atoms with Gasteiger partial charge in [-0.2, -0.15) is 13.2 Å². The highest BCUT2D eigenvalue weighted by molar-refractivity contribution is 5.95. The van der Waals surface area contributed by atoms with Gasteiger partial charge in [-0.05, 0) is 50.1 Å². The Labute approximate surface area is 146 Å². The number of piperidine rings is 1. The first-order valence-corrected chi connectivity index (χ1v) is 7.63. The van der Waals surface area contributed by atoms with Gasteiger partial charge in [-0.3, -0.25) is 4.79 Å². The fourth-order valence-corrected chi connectivity index (χ4v) is 2.81. The summed E-state index contributed by atoms with van der Waals surface area (Å²) in [5, 5.41) is 3.22. The molecule has 0 atom stereocenters. The molecule has 134 valence electrons. The van der Waals surface area contributed by atoms with Crippen LogP contribution in [0, 0.1) is 0 Å². The van der Waals surface area contributed by atoms with Gasteiger partial charge >= 0.3 is 6.18 Å². The summed E-state index contributed by atoms with van der Waals surface area (Å²) < 4.78 is 39.2. The van der Waals surface area contributed by atoms with E-state index in [9.17, 15) is 18.0 Å². The number of nitrogens with zero attached hydrogens (tertiary/aromatic N) is 1. The van der Waals surface area contributed by atoms with Crippen LogP contribution in [-0.2, 0) is 11.0 Å². The maximum Gasteiger partial charge on any atom is 0.416 e. The predicted octanol–water partition coefficient (Wildman–Crippen LogP) is 3.74. The van der Waals surface area contributed by atoms with Gasteiger partial charge in [-0.1, -0.05) is 18.2 Å². The van der Waals surface area contributed by atoms with Crippen molar-refractivity contribution < 1.29 is 18.0 Å². The van der Waals surface area contributed by atoms with E-state index in [1.165, 1.54) is 18.2 Å². The molecule has 0 saturated carbocycles. The third-order valence-corrected chi connectivity index (χ3v) is 4.20. The zero-order valence-corrected chi connectivity index (χ0v) is 14.5. The summed E-state index contributed by atoms with van der Waals surface area (Å²) in [6.07, 6.45) is -1.43. The Balaban J connectivity index is 0.00000288. The molecule has 0 aliphatic carbocycles. The molecular weight excluding hydrogens is 341 g/mol. The van der Waals surface area contributed by atoms with E-state index in [0.717, 1.165) is 32.0 Å². The van der Waals surface area contributed by atoms with Gasteiger partial charge in [0.15, 0.2) is 0 Å².